The molecule has 0 amide bonds. The molecule has 0 aromatic heterocycles. The Kier molecular flexibility index (Phi) is 13.6. The first-order chi connectivity index (χ1) is 47.2. The van der Waals surface area contributed by atoms with Crippen LogP contribution in [0, 0.1) is 27.7 Å². The molecular formula is C94H72N2. The minimum atomic E-state index is -0.506. The van der Waals surface area contributed by atoms with Crippen LogP contribution >= 0.6 is 0 Å². The Balaban J connectivity index is 0.756. The highest BCUT2D eigenvalue weighted by molar-refractivity contribution is 5.97. The van der Waals surface area contributed by atoms with E-state index in [1.807, 2.05) is 0 Å². The fourth-order valence-electron chi connectivity index (χ4n) is 17.6. The molecule has 0 saturated carbocycles. The summed E-state index contributed by atoms with van der Waals surface area (Å²) in [5, 5.41) is 5.18. The monoisotopic (exact) mass is 1230 g/mol. The lowest BCUT2D eigenvalue weighted by Gasteiger charge is -2.38. The number of rotatable bonds is 12. The molecule has 96 heavy (non-hydrogen) atoms. The van der Waals surface area contributed by atoms with Crippen LogP contribution in [0.4, 0.5) is 22.7 Å². The molecule has 5 aliphatic rings. The summed E-state index contributed by atoms with van der Waals surface area (Å²) in [7, 11) is 0. The third-order valence-corrected chi connectivity index (χ3v) is 21.6. The Morgan fingerprint density at radius 3 is 1.42 bits per heavy atom. The van der Waals surface area contributed by atoms with Crippen molar-refractivity contribution in [1.82, 2.24) is 0 Å². The Bertz CT molecular complexity index is 5500. The second-order valence-corrected chi connectivity index (χ2v) is 27.3. The molecule has 18 rings (SSSR count). The van der Waals surface area contributed by atoms with Gasteiger partial charge in [-0.2, -0.15) is 0 Å². The Morgan fingerprint density at radius 2 is 0.844 bits per heavy atom. The molecule has 0 N–H and O–H groups in total. The van der Waals surface area contributed by atoms with Crippen LogP contribution < -0.4 is 20.2 Å². The second kappa shape index (κ2) is 22.7. The maximum absolute atomic E-state index is 2.65. The largest absolute Gasteiger partial charge is 0.334 e. The number of benzene rings is 13. The van der Waals surface area contributed by atoms with Gasteiger partial charge in [0.2, 0.25) is 0 Å². The third-order valence-electron chi connectivity index (χ3n) is 21.6. The van der Waals surface area contributed by atoms with E-state index in [1.165, 1.54) is 155 Å². The van der Waals surface area contributed by atoms with Crippen LogP contribution in [0.15, 0.2) is 322 Å². The topological polar surface area (TPSA) is 6.48 Å². The number of allylic oxidation sites excluding steroid dienone is 3. The molecule has 0 radical (unpaired) electrons. The van der Waals surface area contributed by atoms with Crippen molar-refractivity contribution in [3.05, 3.63) is 410 Å². The molecule has 0 saturated heterocycles. The van der Waals surface area contributed by atoms with E-state index in [0.29, 0.717) is 0 Å². The minimum Gasteiger partial charge on any atom is -0.334 e. The van der Waals surface area contributed by atoms with Gasteiger partial charge in [-0.25, -0.2) is 0 Å². The molecule has 2 atom stereocenters. The first-order valence-corrected chi connectivity index (χ1v) is 34.2. The molecule has 0 aliphatic heterocycles. The van der Waals surface area contributed by atoms with Gasteiger partial charge in [-0.05, 0) is 218 Å². The standard InChI is InChI=1S/C94H72N2/c1-61-21-13-29-71(53-61)93(85-41-9-5-37-79(85)80-38-6-10-42-86(80)93)73-31-17-25-67(57-73)69-27-19-35-77(59-69)95(75-33-15-23-63(3)55-75)89-51-47-65-46-50-84-90(52-48-66-45-49-83(89)91(65)92(66)84)96(76-34-16-24-64(4)56-76)78-36-20-28-70(60-78)68-26-18-32-74(58-68)94(72-30-14-22-62(2)54-72)87-43-11-7-39-81(87)82-40-8-12-44-88(82)94/h5-45,47-58,60,65,77H,46,59H2,1-4H3. The average molecular weight is 1230 g/mol. The van der Waals surface area contributed by atoms with E-state index in [2.05, 4.69) is 365 Å². The van der Waals surface area contributed by atoms with Gasteiger partial charge in [0.15, 0.2) is 0 Å². The van der Waals surface area contributed by atoms with E-state index in [4.69, 9.17) is 0 Å². The maximum Gasteiger partial charge on any atom is 0.0713 e. The molecule has 2 heteroatoms. The molecule has 0 bridgehead atoms. The molecule has 13 aromatic carbocycles. The van der Waals surface area contributed by atoms with Crippen LogP contribution in [0.2, 0.25) is 0 Å². The quantitative estimate of drug-likeness (QED) is 0.120. The van der Waals surface area contributed by atoms with Crippen LogP contribution in [-0.2, 0) is 10.8 Å². The number of hydrogen-bond acceptors (Lipinski definition) is 2. The third kappa shape index (κ3) is 8.92. The lowest BCUT2D eigenvalue weighted by atomic mass is 9.67. The normalized spacial score (nSPS) is 16.2. The average Bonchev–Trinajstić information content (AvgIpc) is 1.55. The SMILES string of the molecule is Cc1cccc(N(c2cccc(-c3cccc(C4(c5cccc(C)c5)c5ccccc5-c5ccccc54)c3)c2)c2ccc3ccc4c5c3c2=CCC5C=CC=4N(c2cccc(C)c2)C2C=CC=C(c3cccc(C4(c5cccc(C)c5)c5ccccc5-c5ccccc54)c3)C2)c1. The Morgan fingerprint density at radius 1 is 0.385 bits per heavy atom. The van der Waals surface area contributed by atoms with E-state index in [-0.39, 0.29) is 12.0 Å². The highest BCUT2D eigenvalue weighted by Crippen LogP contribution is 2.58. The Hall–Kier alpha value is -11.3. The van der Waals surface area contributed by atoms with Crippen molar-refractivity contribution in [3.63, 3.8) is 0 Å². The van der Waals surface area contributed by atoms with Crippen LogP contribution in [0.25, 0.3) is 61.5 Å². The number of nitrogens with zero attached hydrogens (tertiary/aromatic N) is 2. The van der Waals surface area contributed by atoms with Gasteiger partial charge >= 0.3 is 0 Å². The fraction of sp³-hybridized carbons (Fsp3) is 0.106. The maximum atomic E-state index is 2.65. The number of aryl methyl sites for hydroxylation is 4. The summed E-state index contributed by atoms with van der Waals surface area (Å²) >= 11 is 0. The van der Waals surface area contributed by atoms with Gasteiger partial charge < -0.3 is 9.80 Å². The molecule has 13 aromatic rings. The van der Waals surface area contributed by atoms with E-state index < -0.39 is 10.8 Å². The van der Waals surface area contributed by atoms with Crippen molar-refractivity contribution in [2.45, 2.75) is 63.3 Å². The summed E-state index contributed by atoms with van der Waals surface area (Å²) in [6.45, 7) is 8.87. The van der Waals surface area contributed by atoms with Crippen molar-refractivity contribution in [1.29, 1.82) is 0 Å². The van der Waals surface area contributed by atoms with E-state index in [1.54, 1.807) is 0 Å². The Labute approximate surface area is 563 Å². The zero-order chi connectivity index (χ0) is 64.2. The van der Waals surface area contributed by atoms with E-state index in [9.17, 15) is 0 Å². The first-order valence-electron chi connectivity index (χ1n) is 34.2. The summed E-state index contributed by atoms with van der Waals surface area (Å²) in [4.78, 5) is 5.17. The molecule has 458 valence electrons. The highest BCUT2D eigenvalue weighted by Gasteiger charge is 2.48. The smallest absolute Gasteiger partial charge is 0.0713 e. The summed E-state index contributed by atoms with van der Waals surface area (Å²) < 4.78 is 0. The molecule has 2 unspecified atom stereocenters. The zero-order valence-electron chi connectivity index (χ0n) is 54.6. The summed E-state index contributed by atoms with van der Waals surface area (Å²) in [6.07, 6.45) is 16.3. The van der Waals surface area contributed by atoms with Gasteiger partial charge in [0.05, 0.1) is 22.6 Å². The van der Waals surface area contributed by atoms with Gasteiger partial charge in [0.1, 0.15) is 0 Å². The first kappa shape index (κ1) is 57.4. The van der Waals surface area contributed by atoms with Crippen LogP contribution in [0.5, 0.6) is 0 Å². The minimum absolute atomic E-state index is 0.0248. The molecule has 0 spiro atoms. The summed E-state index contributed by atoms with van der Waals surface area (Å²) in [5.74, 6) is 0.228. The van der Waals surface area contributed by atoms with E-state index >= 15 is 0 Å². The summed E-state index contributed by atoms with van der Waals surface area (Å²) in [5.41, 5.74) is 31.8. The zero-order valence-corrected chi connectivity index (χ0v) is 54.6. The predicted molar refractivity (Wildman–Crippen MR) is 402 cm³/mol. The van der Waals surface area contributed by atoms with E-state index in [0.717, 1.165) is 24.2 Å². The number of anilines is 4. The molecular weight excluding hydrogens is 1160 g/mol. The van der Waals surface area contributed by atoms with Crippen molar-refractivity contribution >= 4 is 50.9 Å². The predicted octanol–water partition coefficient (Wildman–Crippen LogP) is 21.8. The second-order valence-electron chi connectivity index (χ2n) is 27.3. The van der Waals surface area contributed by atoms with Gasteiger partial charge in [0.25, 0.3) is 0 Å². The lowest BCUT2D eigenvalue weighted by Crippen LogP contribution is -2.39. The van der Waals surface area contributed by atoms with Crippen molar-refractivity contribution in [3.8, 4) is 33.4 Å². The van der Waals surface area contributed by atoms with Crippen LogP contribution in [0.3, 0.4) is 0 Å². The van der Waals surface area contributed by atoms with Crippen molar-refractivity contribution < 1.29 is 0 Å². The highest BCUT2D eigenvalue weighted by atomic mass is 15.2. The lowest BCUT2D eigenvalue weighted by molar-refractivity contribution is 0.765. The number of hydrogen-bond donors (Lipinski definition) is 0. The van der Waals surface area contributed by atoms with Crippen molar-refractivity contribution in [2.24, 2.45) is 0 Å². The van der Waals surface area contributed by atoms with Crippen molar-refractivity contribution in [2.75, 3.05) is 9.80 Å². The molecule has 2 nitrogen and oxygen atoms in total. The van der Waals surface area contributed by atoms with Gasteiger partial charge in [-0.3, -0.25) is 0 Å². The summed E-state index contributed by atoms with van der Waals surface area (Å²) in [6, 6.07) is 111. The molecule has 0 fully saturated rings. The fourth-order valence-corrected chi connectivity index (χ4v) is 17.6. The van der Waals surface area contributed by atoms with Gasteiger partial charge in [-0.1, -0.05) is 278 Å². The number of fused-ring (bicyclic) bond motifs is 6. The van der Waals surface area contributed by atoms with Gasteiger partial charge in [-0.15, -0.1) is 0 Å². The van der Waals surface area contributed by atoms with Crippen LogP contribution in [0.1, 0.15) is 96.6 Å². The van der Waals surface area contributed by atoms with Crippen LogP contribution in [-0.4, -0.2) is 6.04 Å². The van der Waals surface area contributed by atoms with Gasteiger partial charge in [0, 0.05) is 39.1 Å². The molecule has 5 aliphatic carbocycles. The molecule has 0 heterocycles.